The van der Waals surface area contributed by atoms with Crippen molar-refractivity contribution in [3.8, 4) is 11.5 Å². The monoisotopic (exact) mass is 912 g/mol. The summed E-state index contributed by atoms with van der Waals surface area (Å²) in [7, 11) is 0. The number of nitrogens with zero attached hydrogens (tertiary/aromatic N) is 3. The van der Waals surface area contributed by atoms with Crippen LogP contribution in [0.15, 0.2) is 146 Å². The van der Waals surface area contributed by atoms with Crippen molar-refractivity contribution >= 4 is 97.4 Å². The van der Waals surface area contributed by atoms with Crippen molar-refractivity contribution in [2.45, 2.75) is 106 Å². The van der Waals surface area contributed by atoms with Gasteiger partial charge in [-0.25, -0.2) is 0 Å². The Balaban J connectivity index is 1.14. The standard InChI is InChI=1S/C64H63B2N3O/c1-10-12-14-44-22-28-49(29-23-44)68-55-31-21-43(6)33-51(55)66-53-38-52-56(39-60(53)70-61-37-46(64(7,8)9)36-59(68)63(61)66)69(48-26-18-41(4)19-27-48)58-35-45(15-13-11-2)34-57-62(58)65(52)50-32-42(5)20-30-54(50)67(57)47-24-16-40(3)17-25-47/h16-39H,10-15H2,1-9H3. The number of hydrogen-bond donors (Lipinski definition) is 0. The summed E-state index contributed by atoms with van der Waals surface area (Å²) >= 11 is 0. The lowest BCUT2D eigenvalue weighted by Crippen LogP contribution is -2.64. The molecule has 4 aliphatic heterocycles. The van der Waals surface area contributed by atoms with Crippen LogP contribution < -0.4 is 52.2 Å². The normalized spacial score (nSPS) is 13.8. The van der Waals surface area contributed by atoms with Crippen molar-refractivity contribution < 1.29 is 4.74 Å². The molecule has 8 aromatic carbocycles. The van der Waals surface area contributed by atoms with Crippen LogP contribution in [0.4, 0.5) is 51.2 Å². The van der Waals surface area contributed by atoms with Crippen molar-refractivity contribution in [2.75, 3.05) is 14.7 Å². The number of fused-ring (bicyclic) bond motifs is 8. The van der Waals surface area contributed by atoms with Crippen LogP contribution in [-0.2, 0) is 18.3 Å². The molecule has 70 heavy (non-hydrogen) atoms. The molecule has 0 saturated heterocycles. The highest BCUT2D eigenvalue weighted by molar-refractivity contribution is 7.02. The SMILES string of the molecule is CCCCc1ccc(N2c3ccc(C)cc3B3c4cc5c(cc4Oc4cc(C(C)(C)C)cc2c43)N(c2ccc(C)cc2)c2cc(CCCC)cc3c2B5c2cc(C)ccc2N3c2ccc(C)cc2)cc1. The Morgan fingerprint density at radius 1 is 0.400 bits per heavy atom. The highest BCUT2D eigenvalue weighted by Gasteiger charge is 2.48. The first-order valence-corrected chi connectivity index (χ1v) is 25.9. The van der Waals surface area contributed by atoms with Gasteiger partial charge in [0, 0.05) is 57.3 Å². The predicted molar refractivity (Wildman–Crippen MR) is 301 cm³/mol. The number of benzene rings is 8. The van der Waals surface area contributed by atoms with E-state index in [4.69, 9.17) is 4.74 Å². The lowest BCUT2D eigenvalue weighted by molar-refractivity contribution is 0.483. The summed E-state index contributed by atoms with van der Waals surface area (Å²) in [6.07, 6.45) is 6.77. The Hall–Kier alpha value is -6.91. The summed E-state index contributed by atoms with van der Waals surface area (Å²) in [5, 5.41) is 0. The van der Waals surface area contributed by atoms with Crippen molar-refractivity contribution in [1.82, 2.24) is 0 Å². The largest absolute Gasteiger partial charge is 0.458 e. The summed E-state index contributed by atoms with van der Waals surface area (Å²) in [6, 6.07) is 56.7. The van der Waals surface area contributed by atoms with Crippen molar-refractivity contribution in [1.29, 1.82) is 0 Å². The molecule has 0 aromatic heterocycles. The van der Waals surface area contributed by atoms with E-state index < -0.39 is 0 Å². The van der Waals surface area contributed by atoms with Gasteiger partial charge in [0.05, 0.1) is 0 Å². The van der Waals surface area contributed by atoms with Gasteiger partial charge >= 0.3 is 0 Å². The topological polar surface area (TPSA) is 19.0 Å². The predicted octanol–water partition coefficient (Wildman–Crippen LogP) is 13.4. The first-order chi connectivity index (χ1) is 33.9. The highest BCUT2D eigenvalue weighted by atomic mass is 16.5. The quantitative estimate of drug-likeness (QED) is 0.134. The lowest BCUT2D eigenvalue weighted by Gasteiger charge is -2.46. The van der Waals surface area contributed by atoms with Gasteiger partial charge in [0.2, 0.25) is 0 Å². The molecule has 0 saturated carbocycles. The molecule has 0 spiro atoms. The zero-order valence-electron chi connectivity index (χ0n) is 42.5. The first kappa shape index (κ1) is 44.3. The molecule has 0 fully saturated rings. The molecular formula is C64H63B2N3O. The molecule has 4 aliphatic rings. The second kappa shape index (κ2) is 16.9. The second-order valence-electron chi connectivity index (χ2n) is 21.8. The number of ether oxygens (including phenoxy) is 1. The van der Waals surface area contributed by atoms with Crippen LogP contribution in [0.2, 0.25) is 0 Å². The first-order valence-electron chi connectivity index (χ1n) is 25.9. The van der Waals surface area contributed by atoms with Gasteiger partial charge < -0.3 is 19.4 Å². The van der Waals surface area contributed by atoms with Gasteiger partial charge in [0.25, 0.3) is 13.4 Å². The van der Waals surface area contributed by atoms with Gasteiger partial charge in [0.1, 0.15) is 11.5 Å². The Morgan fingerprint density at radius 2 is 0.857 bits per heavy atom. The molecule has 8 aromatic rings. The summed E-state index contributed by atoms with van der Waals surface area (Å²) in [4.78, 5) is 7.64. The molecule has 0 amide bonds. The van der Waals surface area contributed by atoms with E-state index in [-0.39, 0.29) is 18.8 Å². The molecule has 0 bridgehead atoms. The van der Waals surface area contributed by atoms with E-state index in [9.17, 15) is 0 Å². The number of hydrogen-bond acceptors (Lipinski definition) is 4. The second-order valence-corrected chi connectivity index (χ2v) is 21.8. The number of rotatable bonds is 9. The molecule has 0 unspecified atom stereocenters. The molecule has 6 heteroatoms. The van der Waals surface area contributed by atoms with Crippen LogP contribution in [0.25, 0.3) is 0 Å². The van der Waals surface area contributed by atoms with Crippen molar-refractivity contribution in [3.05, 3.63) is 185 Å². The highest BCUT2D eigenvalue weighted by Crippen LogP contribution is 2.48. The van der Waals surface area contributed by atoms with Crippen molar-refractivity contribution in [3.63, 3.8) is 0 Å². The number of anilines is 9. The fourth-order valence-corrected chi connectivity index (χ4v) is 11.9. The van der Waals surface area contributed by atoms with Gasteiger partial charge in [-0.3, -0.25) is 0 Å². The summed E-state index contributed by atoms with van der Waals surface area (Å²) in [6.45, 7) is 20.3. The van der Waals surface area contributed by atoms with Crippen LogP contribution in [0, 0.1) is 27.7 Å². The van der Waals surface area contributed by atoms with Crippen molar-refractivity contribution in [2.24, 2.45) is 0 Å². The maximum Gasteiger partial charge on any atom is 0.256 e. The minimum absolute atomic E-state index is 0.0174. The third-order valence-corrected chi connectivity index (χ3v) is 15.6. The number of unbranched alkanes of at least 4 members (excludes halogenated alkanes) is 2. The summed E-state index contributed by atoms with van der Waals surface area (Å²) < 4.78 is 7.51. The lowest BCUT2D eigenvalue weighted by atomic mass is 9.30. The van der Waals surface area contributed by atoms with E-state index >= 15 is 0 Å². The van der Waals surface area contributed by atoms with E-state index in [1.54, 1.807) is 0 Å². The Labute approximate surface area is 417 Å². The Bertz CT molecular complexity index is 3370. The van der Waals surface area contributed by atoms with Crippen LogP contribution in [0.1, 0.15) is 99.2 Å². The van der Waals surface area contributed by atoms with E-state index in [1.807, 2.05) is 0 Å². The maximum absolute atomic E-state index is 7.51. The van der Waals surface area contributed by atoms with Crippen LogP contribution in [0.5, 0.6) is 11.5 Å². The molecule has 0 radical (unpaired) electrons. The third-order valence-electron chi connectivity index (χ3n) is 15.6. The molecule has 0 atom stereocenters. The maximum atomic E-state index is 7.51. The molecule has 12 rings (SSSR count). The zero-order chi connectivity index (χ0) is 48.2. The fourth-order valence-electron chi connectivity index (χ4n) is 11.9. The van der Waals surface area contributed by atoms with Gasteiger partial charge in [-0.15, -0.1) is 0 Å². The fraction of sp³-hybridized carbons (Fsp3) is 0.250. The Kier molecular flexibility index (Phi) is 10.7. The van der Waals surface area contributed by atoms with E-state index in [2.05, 4.69) is 223 Å². The Morgan fingerprint density at radius 3 is 1.39 bits per heavy atom. The molecule has 0 aliphatic carbocycles. The van der Waals surface area contributed by atoms with Crippen LogP contribution in [-0.4, -0.2) is 13.4 Å². The molecule has 346 valence electrons. The number of aryl methyl sites for hydroxylation is 6. The minimum atomic E-state index is -0.109. The van der Waals surface area contributed by atoms with E-state index in [0.29, 0.717) is 0 Å². The summed E-state index contributed by atoms with van der Waals surface area (Å²) in [5.41, 5.74) is 27.6. The smallest absolute Gasteiger partial charge is 0.256 e. The van der Waals surface area contributed by atoms with Gasteiger partial charge in [-0.1, -0.05) is 136 Å². The van der Waals surface area contributed by atoms with Crippen LogP contribution >= 0.6 is 0 Å². The third kappa shape index (κ3) is 7.20. The molecule has 4 nitrogen and oxygen atoms in total. The molecule has 4 heterocycles. The van der Waals surface area contributed by atoms with E-state index in [1.165, 1.54) is 130 Å². The zero-order valence-corrected chi connectivity index (χ0v) is 42.5. The average Bonchev–Trinajstić information content (AvgIpc) is 3.35. The van der Waals surface area contributed by atoms with Gasteiger partial charge in [-0.2, -0.15) is 0 Å². The van der Waals surface area contributed by atoms with E-state index in [0.717, 1.165) is 42.9 Å². The summed E-state index contributed by atoms with van der Waals surface area (Å²) in [5.74, 6) is 1.88. The molecule has 0 N–H and O–H groups in total. The minimum Gasteiger partial charge on any atom is -0.458 e. The van der Waals surface area contributed by atoms with Gasteiger partial charge in [0.15, 0.2) is 0 Å². The average molecular weight is 912 g/mol. The van der Waals surface area contributed by atoms with Crippen LogP contribution in [0.3, 0.4) is 0 Å². The van der Waals surface area contributed by atoms with Gasteiger partial charge in [-0.05, 0) is 181 Å². The molecular weight excluding hydrogens is 848 g/mol.